The Morgan fingerprint density at radius 2 is 2.13 bits per heavy atom. The Morgan fingerprint density at radius 3 is 2.93 bits per heavy atom. The number of fused-ring (bicyclic) bond motifs is 1. The van der Waals surface area contributed by atoms with Crippen LogP contribution in [0.1, 0.15) is 32.3 Å². The number of thioether (sulfide) groups is 1. The zero-order valence-corrected chi connectivity index (χ0v) is 17.9. The minimum atomic E-state index is -0.0906. The van der Waals surface area contributed by atoms with E-state index in [1.54, 1.807) is 12.4 Å². The van der Waals surface area contributed by atoms with Gasteiger partial charge in [0.1, 0.15) is 0 Å². The van der Waals surface area contributed by atoms with E-state index in [1.807, 2.05) is 29.7 Å². The van der Waals surface area contributed by atoms with Gasteiger partial charge in [-0.3, -0.25) is 9.78 Å². The number of benzene rings is 1. The summed E-state index contributed by atoms with van der Waals surface area (Å²) in [6.07, 6.45) is 3.30. The lowest BCUT2D eigenvalue weighted by Gasteiger charge is -2.10. The SMILES string of the molecule is CCn1c(SCC(=O)Nc2cccc(C(C)C)c2)nnc1-c1cncc2c1OCO2. The van der Waals surface area contributed by atoms with E-state index in [0.29, 0.717) is 34.9 Å². The summed E-state index contributed by atoms with van der Waals surface area (Å²) in [4.78, 5) is 16.7. The molecule has 156 valence electrons. The van der Waals surface area contributed by atoms with E-state index in [-0.39, 0.29) is 18.5 Å². The summed E-state index contributed by atoms with van der Waals surface area (Å²) in [6.45, 7) is 7.06. The average Bonchev–Trinajstić information content (AvgIpc) is 3.38. The van der Waals surface area contributed by atoms with Crippen LogP contribution in [0.25, 0.3) is 11.4 Å². The van der Waals surface area contributed by atoms with Gasteiger partial charge < -0.3 is 19.4 Å². The lowest BCUT2D eigenvalue weighted by molar-refractivity contribution is -0.113. The van der Waals surface area contributed by atoms with Crippen molar-refractivity contribution in [1.29, 1.82) is 0 Å². The molecule has 0 saturated heterocycles. The molecule has 0 saturated carbocycles. The molecule has 0 aliphatic carbocycles. The van der Waals surface area contributed by atoms with E-state index >= 15 is 0 Å². The highest BCUT2D eigenvalue weighted by Crippen LogP contribution is 2.40. The molecule has 1 aliphatic rings. The number of nitrogens with zero attached hydrogens (tertiary/aromatic N) is 4. The zero-order chi connectivity index (χ0) is 21.1. The van der Waals surface area contributed by atoms with Crippen LogP contribution in [0, 0.1) is 0 Å². The van der Waals surface area contributed by atoms with Crippen LogP contribution in [-0.2, 0) is 11.3 Å². The molecule has 3 aromatic rings. The highest BCUT2D eigenvalue weighted by molar-refractivity contribution is 7.99. The summed E-state index contributed by atoms with van der Waals surface area (Å²) in [7, 11) is 0. The first-order chi connectivity index (χ1) is 14.6. The predicted octanol–water partition coefficient (Wildman–Crippen LogP) is 3.94. The number of carbonyl (C=O) groups is 1. The van der Waals surface area contributed by atoms with Crippen LogP contribution < -0.4 is 14.8 Å². The fraction of sp³-hybridized carbons (Fsp3) is 0.333. The van der Waals surface area contributed by atoms with Gasteiger partial charge in [-0.1, -0.05) is 37.7 Å². The fourth-order valence-electron chi connectivity index (χ4n) is 3.17. The van der Waals surface area contributed by atoms with E-state index in [0.717, 1.165) is 11.3 Å². The third kappa shape index (κ3) is 4.11. The molecule has 0 fully saturated rings. The molecule has 0 bridgehead atoms. The molecule has 1 aromatic carbocycles. The van der Waals surface area contributed by atoms with E-state index in [9.17, 15) is 4.79 Å². The standard InChI is InChI=1S/C21H23N5O3S/c1-4-26-20(16-9-22-10-17-19(16)29-12-28-17)24-25-21(26)30-11-18(27)23-15-7-5-6-14(8-15)13(2)3/h5-10,13H,4,11-12H2,1-3H3,(H,23,27). The number of ether oxygens (including phenoxy) is 2. The zero-order valence-electron chi connectivity index (χ0n) is 17.1. The van der Waals surface area contributed by atoms with Gasteiger partial charge in [-0.25, -0.2) is 0 Å². The fourth-order valence-corrected chi connectivity index (χ4v) is 3.98. The number of hydrogen-bond donors (Lipinski definition) is 1. The second-order valence-electron chi connectivity index (χ2n) is 7.09. The van der Waals surface area contributed by atoms with Crippen LogP contribution in [0.3, 0.4) is 0 Å². The van der Waals surface area contributed by atoms with Crippen molar-refractivity contribution in [2.24, 2.45) is 0 Å². The molecular formula is C21H23N5O3S. The third-order valence-corrected chi connectivity index (χ3v) is 5.69. The first-order valence-electron chi connectivity index (χ1n) is 9.76. The maximum atomic E-state index is 12.5. The molecule has 8 nitrogen and oxygen atoms in total. The Kier molecular flexibility index (Phi) is 5.89. The molecule has 0 unspecified atom stereocenters. The van der Waals surface area contributed by atoms with Gasteiger partial charge in [0.2, 0.25) is 12.7 Å². The van der Waals surface area contributed by atoms with E-state index in [2.05, 4.69) is 40.4 Å². The van der Waals surface area contributed by atoms with E-state index in [4.69, 9.17) is 9.47 Å². The minimum Gasteiger partial charge on any atom is -0.453 e. The Hall–Kier alpha value is -3.07. The van der Waals surface area contributed by atoms with Gasteiger partial charge in [-0.05, 0) is 30.5 Å². The van der Waals surface area contributed by atoms with Crippen molar-refractivity contribution in [2.75, 3.05) is 17.9 Å². The van der Waals surface area contributed by atoms with Crippen molar-refractivity contribution in [1.82, 2.24) is 19.7 Å². The van der Waals surface area contributed by atoms with Crippen LogP contribution in [0.5, 0.6) is 11.5 Å². The van der Waals surface area contributed by atoms with Crippen molar-refractivity contribution in [3.63, 3.8) is 0 Å². The highest BCUT2D eigenvalue weighted by atomic mass is 32.2. The van der Waals surface area contributed by atoms with Gasteiger partial charge in [0.25, 0.3) is 0 Å². The summed E-state index contributed by atoms with van der Waals surface area (Å²) in [5.41, 5.74) is 2.71. The van der Waals surface area contributed by atoms with E-state index in [1.165, 1.54) is 17.3 Å². The molecule has 2 aromatic heterocycles. The van der Waals surface area contributed by atoms with Crippen molar-refractivity contribution in [3.8, 4) is 22.9 Å². The average molecular weight is 426 g/mol. The topological polar surface area (TPSA) is 91.2 Å². The van der Waals surface area contributed by atoms with Crippen LogP contribution in [0.2, 0.25) is 0 Å². The molecule has 0 atom stereocenters. The maximum absolute atomic E-state index is 12.5. The smallest absolute Gasteiger partial charge is 0.234 e. The molecule has 3 heterocycles. The molecule has 1 amide bonds. The summed E-state index contributed by atoms with van der Waals surface area (Å²) >= 11 is 1.34. The number of hydrogen-bond acceptors (Lipinski definition) is 7. The van der Waals surface area contributed by atoms with Gasteiger partial charge in [-0.15, -0.1) is 10.2 Å². The summed E-state index contributed by atoms with van der Waals surface area (Å²) in [6, 6.07) is 7.91. The summed E-state index contributed by atoms with van der Waals surface area (Å²) < 4.78 is 12.9. The summed E-state index contributed by atoms with van der Waals surface area (Å²) in [5.74, 6) is 2.39. The van der Waals surface area contributed by atoms with Gasteiger partial charge in [-0.2, -0.15) is 0 Å². The number of anilines is 1. The minimum absolute atomic E-state index is 0.0906. The molecule has 30 heavy (non-hydrogen) atoms. The van der Waals surface area contributed by atoms with Crippen molar-refractivity contribution in [2.45, 2.75) is 38.4 Å². The lowest BCUT2D eigenvalue weighted by Crippen LogP contribution is -2.15. The van der Waals surface area contributed by atoms with Crippen molar-refractivity contribution >= 4 is 23.4 Å². The molecule has 1 N–H and O–H groups in total. The normalized spacial score (nSPS) is 12.4. The molecular weight excluding hydrogens is 402 g/mol. The quantitative estimate of drug-likeness (QED) is 0.573. The van der Waals surface area contributed by atoms with Crippen molar-refractivity contribution in [3.05, 3.63) is 42.2 Å². The molecule has 4 rings (SSSR count). The number of amides is 1. The number of pyridine rings is 1. The third-order valence-electron chi connectivity index (χ3n) is 4.72. The Bertz CT molecular complexity index is 1070. The Labute approximate surface area is 179 Å². The van der Waals surface area contributed by atoms with Gasteiger partial charge in [0.05, 0.1) is 17.5 Å². The number of carbonyl (C=O) groups excluding carboxylic acids is 1. The number of nitrogens with one attached hydrogen (secondary N) is 1. The first kappa shape index (κ1) is 20.2. The molecule has 9 heteroatoms. The summed E-state index contributed by atoms with van der Waals surface area (Å²) in [5, 5.41) is 12.2. The molecule has 0 radical (unpaired) electrons. The van der Waals surface area contributed by atoms with Crippen LogP contribution in [-0.4, -0.2) is 38.2 Å². The second-order valence-corrected chi connectivity index (χ2v) is 8.03. The van der Waals surface area contributed by atoms with E-state index < -0.39 is 0 Å². The number of rotatable bonds is 7. The second kappa shape index (κ2) is 8.74. The monoisotopic (exact) mass is 425 g/mol. The Morgan fingerprint density at radius 1 is 1.27 bits per heavy atom. The predicted molar refractivity (Wildman–Crippen MR) is 115 cm³/mol. The van der Waals surface area contributed by atoms with Crippen molar-refractivity contribution < 1.29 is 14.3 Å². The molecule has 0 spiro atoms. The van der Waals surface area contributed by atoms with Crippen LogP contribution in [0.4, 0.5) is 5.69 Å². The molecule has 1 aliphatic heterocycles. The van der Waals surface area contributed by atoms with Gasteiger partial charge in [0.15, 0.2) is 22.5 Å². The first-order valence-corrected chi connectivity index (χ1v) is 10.7. The van der Waals surface area contributed by atoms with Crippen LogP contribution in [0.15, 0.2) is 41.8 Å². The van der Waals surface area contributed by atoms with Gasteiger partial charge >= 0.3 is 0 Å². The number of aromatic nitrogens is 4. The highest BCUT2D eigenvalue weighted by Gasteiger charge is 2.24. The lowest BCUT2D eigenvalue weighted by atomic mass is 10.0. The van der Waals surface area contributed by atoms with Crippen LogP contribution >= 0.6 is 11.8 Å². The maximum Gasteiger partial charge on any atom is 0.234 e. The Balaban J connectivity index is 1.47. The van der Waals surface area contributed by atoms with Gasteiger partial charge in [0, 0.05) is 18.4 Å². The largest absolute Gasteiger partial charge is 0.453 e.